The maximum absolute atomic E-state index is 12.3. The molecule has 1 amide bonds. The quantitative estimate of drug-likeness (QED) is 0.895. The van der Waals surface area contributed by atoms with E-state index in [-0.39, 0.29) is 30.4 Å². The van der Waals surface area contributed by atoms with Gasteiger partial charge in [0.2, 0.25) is 5.91 Å². The van der Waals surface area contributed by atoms with E-state index in [2.05, 4.69) is 11.4 Å². The fraction of sp³-hybridized carbons (Fsp3) is 0.588. The molecule has 0 heterocycles. The maximum atomic E-state index is 12.3. The number of carbonyl (C=O) groups excluding carboxylic acids is 1. The van der Waals surface area contributed by atoms with Gasteiger partial charge in [-0.1, -0.05) is 18.6 Å². The number of rotatable bonds is 4. The zero-order valence-electron chi connectivity index (χ0n) is 13.0. The molecule has 22 heavy (non-hydrogen) atoms. The van der Waals surface area contributed by atoms with Gasteiger partial charge in [-0.05, 0) is 48.8 Å². The number of ether oxygens (including phenoxy) is 1. The summed E-state index contributed by atoms with van der Waals surface area (Å²) in [6, 6.07) is 6.40. The van der Waals surface area contributed by atoms with Crippen LogP contribution in [0, 0.1) is 5.92 Å². The standard InChI is InChI=1S/C17H24N2O2.ClH/c1-21-16-7-3-5-12-13(16)8-9-15(12)19-17(20)10-11-4-2-6-14(11)18;/h3,5,7,11,14-15H,2,4,6,8-10,18H2,1H3,(H,19,20);1H/t11-,14+,15?;/m0./s1. The van der Waals surface area contributed by atoms with E-state index >= 15 is 0 Å². The molecule has 0 spiro atoms. The zero-order chi connectivity index (χ0) is 14.8. The van der Waals surface area contributed by atoms with E-state index in [0.29, 0.717) is 12.3 Å². The van der Waals surface area contributed by atoms with Crippen molar-refractivity contribution in [1.82, 2.24) is 5.32 Å². The second kappa shape index (κ2) is 7.34. The van der Waals surface area contributed by atoms with Gasteiger partial charge < -0.3 is 15.8 Å². The van der Waals surface area contributed by atoms with Gasteiger partial charge in [-0.2, -0.15) is 0 Å². The summed E-state index contributed by atoms with van der Waals surface area (Å²) in [5.41, 5.74) is 8.50. The van der Waals surface area contributed by atoms with Crippen molar-refractivity contribution in [3.8, 4) is 5.75 Å². The van der Waals surface area contributed by atoms with Crippen molar-refractivity contribution < 1.29 is 9.53 Å². The summed E-state index contributed by atoms with van der Waals surface area (Å²) in [5, 5.41) is 3.18. The number of carbonyl (C=O) groups is 1. The molecule has 1 fully saturated rings. The largest absolute Gasteiger partial charge is 0.496 e. The van der Waals surface area contributed by atoms with Crippen LogP contribution in [0.4, 0.5) is 0 Å². The number of benzene rings is 1. The van der Waals surface area contributed by atoms with Gasteiger partial charge in [-0.15, -0.1) is 12.4 Å². The average Bonchev–Trinajstić information content (AvgIpc) is 3.06. The molecule has 3 N–H and O–H groups in total. The van der Waals surface area contributed by atoms with Crippen molar-refractivity contribution in [2.75, 3.05) is 7.11 Å². The van der Waals surface area contributed by atoms with Gasteiger partial charge in [0.05, 0.1) is 13.2 Å². The number of methoxy groups -OCH3 is 1. The molecular formula is C17H25ClN2O2. The minimum Gasteiger partial charge on any atom is -0.496 e. The van der Waals surface area contributed by atoms with E-state index < -0.39 is 0 Å². The van der Waals surface area contributed by atoms with Crippen LogP contribution in [0.5, 0.6) is 5.75 Å². The Hall–Kier alpha value is -1.26. The highest BCUT2D eigenvalue weighted by atomic mass is 35.5. The first kappa shape index (κ1) is 17.1. The molecule has 0 saturated heterocycles. The molecular weight excluding hydrogens is 300 g/mol. The normalized spacial score (nSPS) is 26.2. The van der Waals surface area contributed by atoms with Crippen molar-refractivity contribution >= 4 is 18.3 Å². The molecule has 1 unspecified atom stereocenters. The predicted octanol–water partition coefficient (Wildman–Crippen LogP) is 2.74. The Bertz CT molecular complexity index is 535. The van der Waals surface area contributed by atoms with E-state index in [1.54, 1.807) is 7.11 Å². The molecule has 3 atom stereocenters. The smallest absolute Gasteiger partial charge is 0.220 e. The molecule has 122 valence electrons. The third-order valence-electron chi connectivity index (χ3n) is 4.95. The van der Waals surface area contributed by atoms with Gasteiger partial charge in [0.15, 0.2) is 0 Å². The number of halogens is 1. The SMILES string of the molecule is COc1cccc2c1CCC2NC(=O)C[C@@H]1CCC[C@H]1N.Cl. The van der Waals surface area contributed by atoms with E-state index in [1.807, 2.05) is 12.1 Å². The predicted molar refractivity (Wildman–Crippen MR) is 89.4 cm³/mol. The first-order valence-corrected chi connectivity index (χ1v) is 7.89. The summed E-state index contributed by atoms with van der Waals surface area (Å²) >= 11 is 0. The minimum atomic E-state index is 0. The van der Waals surface area contributed by atoms with Crippen LogP contribution in [-0.2, 0) is 11.2 Å². The number of nitrogens with one attached hydrogen (secondary N) is 1. The average molecular weight is 325 g/mol. The fourth-order valence-corrected chi connectivity index (χ4v) is 3.77. The molecule has 0 aromatic heterocycles. The van der Waals surface area contributed by atoms with Crippen molar-refractivity contribution in [3.05, 3.63) is 29.3 Å². The second-order valence-corrected chi connectivity index (χ2v) is 6.25. The minimum absolute atomic E-state index is 0. The van der Waals surface area contributed by atoms with E-state index in [4.69, 9.17) is 10.5 Å². The lowest BCUT2D eigenvalue weighted by Crippen LogP contribution is -2.33. The van der Waals surface area contributed by atoms with Gasteiger partial charge in [0, 0.05) is 12.5 Å². The fourth-order valence-electron chi connectivity index (χ4n) is 3.77. The number of amides is 1. The molecule has 0 aliphatic heterocycles. The topological polar surface area (TPSA) is 64.3 Å². The van der Waals surface area contributed by atoms with Gasteiger partial charge in [-0.25, -0.2) is 0 Å². The summed E-state index contributed by atoms with van der Waals surface area (Å²) in [7, 11) is 1.70. The number of hydrogen-bond donors (Lipinski definition) is 2. The first-order chi connectivity index (χ1) is 10.2. The second-order valence-electron chi connectivity index (χ2n) is 6.25. The monoisotopic (exact) mass is 324 g/mol. The van der Waals surface area contributed by atoms with E-state index in [1.165, 1.54) is 11.1 Å². The van der Waals surface area contributed by atoms with E-state index in [9.17, 15) is 4.79 Å². The number of fused-ring (bicyclic) bond motifs is 1. The van der Waals surface area contributed by atoms with Crippen molar-refractivity contribution in [1.29, 1.82) is 0 Å². The Labute approximate surface area is 138 Å². The lowest BCUT2D eigenvalue weighted by Gasteiger charge is -2.18. The lowest BCUT2D eigenvalue weighted by atomic mass is 9.99. The van der Waals surface area contributed by atoms with Crippen molar-refractivity contribution in [2.45, 2.75) is 50.6 Å². The molecule has 3 rings (SSSR count). The van der Waals surface area contributed by atoms with Crippen LogP contribution in [0.15, 0.2) is 18.2 Å². The van der Waals surface area contributed by atoms with E-state index in [0.717, 1.165) is 37.9 Å². The van der Waals surface area contributed by atoms with Gasteiger partial charge in [0.1, 0.15) is 5.75 Å². The van der Waals surface area contributed by atoms with Crippen LogP contribution in [0.25, 0.3) is 0 Å². The summed E-state index contributed by atoms with van der Waals surface area (Å²) in [6.07, 6.45) is 5.79. The summed E-state index contributed by atoms with van der Waals surface area (Å²) in [6.45, 7) is 0. The Morgan fingerprint density at radius 2 is 2.18 bits per heavy atom. The van der Waals surface area contributed by atoms with Gasteiger partial charge in [0.25, 0.3) is 0 Å². The number of nitrogens with two attached hydrogens (primary N) is 1. The first-order valence-electron chi connectivity index (χ1n) is 7.89. The van der Waals surface area contributed by atoms with Crippen LogP contribution < -0.4 is 15.8 Å². The van der Waals surface area contributed by atoms with Crippen LogP contribution in [-0.4, -0.2) is 19.1 Å². The Morgan fingerprint density at radius 1 is 1.36 bits per heavy atom. The highest BCUT2D eigenvalue weighted by molar-refractivity contribution is 5.85. The lowest BCUT2D eigenvalue weighted by molar-refractivity contribution is -0.122. The van der Waals surface area contributed by atoms with Crippen LogP contribution in [0.2, 0.25) is 0 Å². The summed E-state index contributed by atoms with van der Waals surface area (Å²) in [4.78, 5) is 12.3. The third kappa shape index (κ3) is 3.39. The van der Waals surface area contributed by atoms with Crippen molar-refractivity contribution in [2.24, 2.45) is 11.7 Å². The Morgan fingerprint density at radius 3 is 2.86 bits per heavy atom. The molecule has 1 aromatic carbocycles. The van der Waals surface area contributed by atoms with Crippen molar-refractivity contribution in [3.63, 3.8) is 0 Å². The summed E-state index contributed by atoms with van der Waals surface area (Å²) in [5.74, 6) is 1.43. The van der Waals surface area contributed by atoms with Crippen LogP contribution in [0.1, 0.15) is 49.3 Å². The Kier molecular flexibility index (Phi) is 5.70. The van der Waals surface area contributed by atoms with Gasteiger partial charge >= 0.3 is 0 Å². The maximum Gasteiger partial charge on any atom is 0.220 e. The molecule has 2 aliphatic rings. The van der Waals surface area contributed by atoms with Gasteiger partial charge in [-0.3, -0.25) is 4.79 Å². The molecule has 4 nitrogen and oxygen atoms in total. The summed E-state index contributed by atoms with van der Waals surface area (Å²) < 4.78 is 5.40. The molecule has 5 heteroatoms. The zero-order valence-corrected chi connectivity index (χ0v) is 13.8. The Balaban J connectivity index is 0.00000176. The molecule has 2 aliphatic carbocycles. The molecule has 1 aromatic rings. The van der Waals surface area contributed by atoms with Crippen LogP contribution >= 0.6 is 12.4 Å². The third-order valence-corrected chi connectivity index (χ3v) is 4.95. The molecule has 1 saturated carbocycles. The van der Waals surface area contributed by atoms with Crippen LogP contribution in [0.3, 0.4) is 0 Å². The molecule has 0 bridgehead atoms. The highest BCUT2D eigenvalue weighted by Gasteiger charge is 2.29. The number of hydrogen-bond acceptors (Lipinski definition) is 3. The molecule has 0 radical (unpaired) electrons. The highest BCUT2D eigenvalue weighted by Crippen LogP contribution is 2.37.